The van der Waals surface area contributed by atoms with Crippen LogP contribution in [0.25, 0.3) is 10.2 Å². The highest BCUT2D eigenvalue weighted by Crippen LogP contribution is 2.30. The van der Waals surface area contributed by atoms with Gasteiger partial charge in [-0.05, 0) is 49.4 Å². The molecule has 1 unspecified atom stereocenters. The van der Waals surface area contributed by atoms with E-state index < -0.39 is 10.0 Å². The molecule has 0 spiro atoms. The lowest BCUT2D eigenvalue weighted by atomic mass is 9.98. The smallest absolute Gasteiger partial charge is 0.260 e. The number of fused-ring (bicyclic) bond motifs is 1. The molecule has 4 N–H and O–H groups in total. The SMILES string of the molecule is CCC(C)Cc1c(C)sc2nc(SCC(=O)Nc3ccc(C)c(S(N)(=O)=O)c3)[nH]c(=O)c12. The minimum Gasteiger partial charge on any atom is -0.325 e. The molecule has 3 aromatic rings. The molecule has 1 amide bonds. The number of aromatic amines is 1. The van der Waals surface area contributed by atoms with Crippen molar-refractivity contribution in [3.05, 3.63) is 44.6 Å². The number of aromatic nitrogens is 2. The van der Waals surface area contributed by atoms with E-state index in [9.17, 15) is 18.0 Å². The lowest BCUT2D eigenvalue weighted by Crippen LogP contribution is -2.17. The average molecular weight is 495 g/mol. The van der Waals surface area contributed by atoms with Crippen LogP contribution >= 0.6 is 23.1 Å². The second kappa shape index (κ2) is 9.74. The fourth-order valence-electron chi connectivity index (χ4n) is 3.28. The second-order valence-electron chi connectivity index (χ2n) is 7.77. The van der Waals surface area contributed by atoms with Gasteiger partial charge in [-0.1, -0.05) is 38.1 Å². The Kier molecular flexibility index (Phi) is 7.43. The topological polar surface area (TPSA) is 135 Å². The highest BCUT2D eigenvalue weighted by Gasteiger charge is 2.18. The van der Waals surface area contributed by atoms with Crippen molar-refractivity contribution >= 4 is 54.9 Å². The minimum absolute atomic E-state index is 0.00286. The van der Waals surface area contributed by atoms with E-state index in [0.717, 1.165) is 35.0 Å². The Morgan fingerprint density at radius 1 is 1.34 bits per heavy atom. The Morgan fingerprint density at radius 2 is 2.06 bits per heavy atom. The van der Waals surface area contributed by atoms with Crippen LogP contribution in [0.4, 0.5) is 5.69 Å². The van der Waals surface area contributed by atoms with Gasteiger partial charge in [0.2, 0.25) is 15.9 Å². The van der Waals surface area contributed by atoms with Crippen LogP contribution in [0.15, 0.2) is 33.0 Å². The lowest BCUT2D eigenvalue weighted by molar-refractivity contribution is -0.113. The number of sulfonamides is 1. The summed E-state index contributed by atoms with van der Waals surface area (Å²) in [7, 11) is -3.89. The molecule has 8 nitrogen and oxygen atoms in total. The van der Waals surface area contributed by atoms with Gasteiger partial charge in [-0.15, -0.1) is 11.3 Å². The van der Waals surface area contributed by atoms with Gasteiger partial charge in [0.15, 0.2) is 5.16 Å². The molecule has 1 aromatic carbocycles. The number of thioether (sulfide) groups is 1. The van der Waals surface area contributed by atoms with Crippen molar-refractivity contribution in [3.8, 4) is 0 Å². The van der Waals surface area contributed by atoms with Crippen LogP contribution < -0.4 is 16.0 Å². The second-order valence-corrected chi connectivity index (χ2v) is 11.5. The number of carbonyl (C=O) groups is 1. The third kappa shape index (κ3) is 5.58. The monoisotopic (exact) mass is 494 g/mol. The number of hydrogen-bond acceptors (Lipinski definition) is 7. The van der Waals surface area contributed by atoms with Crippen molar-refractivity contribution in [2.24, 2.45) is 11.1 Å². The summed E-state index contributed by atoms with van der Waals surface area (Å²) in [5.74, 6) is 0.110. The lowest BCUT2D eigenvalue weighted by Gasteiger charge is -2.09. The molecule has 172 valence electrons. The van der Waals surface area contributed by atoms with E-state index >= 15 is 0 Å². The summed E-state index contributed by atoms with van der Waals surface area (Å²) < 4.78 is 23.3. The number of H-pyrrole nitrogens is 1. The molecular weight excluding hydrogens is 468 g/mol. The van der Waals surface area contributed by atoms with Gasteiger partial charge in [-0.25, -0.2) is 18.5 Å². The number of anilines is 1. The van der Waals surface area contributed by atoms with E-state index in [1.54, 1.807) is 19.1 Å². The molecule has 0 bridgehead atoms. The quantitative estimate of drug-likeness (QED) is 0.324. The maximum absolute atomic E-state index is 12.7. The molecule has 0 aliphatic rings. The number of thiophene rings is 1. The first-order chi connectivity index (χ1) is 15.0. The predicted octanol–water partition coefficient (Wildman–Crippen LogP) is 3.57. The average Bonchev–Trinajstić information content (AvgIpc) is 3.02. The van der Waals surface area contributed by atoms with Crippen molar-refractivity contribution in [3.63, 3.8) is 0 Å². The van der Waals surface area contributed by atoms with Crippen molar-refractivity contribution < 1.29 is 13.2 Å². The van der Waals surface area contributed by atoms with Gasteiger partial charge in [0, 0.05) is 10.6 Å². The van der Waals surface area contributed by atoms with Crippen LogP contribution in [0.1, 0.15) is 36.3 Å². The molecular formula is C21H26N4O4S3. The van der Waals surface area contributed by atoms with Crippen molar-refractivity contribution in [1.82, 2.24) is 9.97 Å². The first-order valence-corrected chi connectivity index (χ1v) is 13.4. The highest BCUT2D eigenvalue weighted by atomic mass is 32.2. The van der Waals surface area contributed by atoms with Gasteiger partial charge >= 0.3 is 0 Å². The molecule has 32 heavy (non-hydrogen) atoms. The van der Waals surface area contributed by atoms with Gasteiger partial charge < -0.3 is 10.3 Å². The van der Waals surface area contributed by atoms with Gasteiger partial charge in [0.25, 0.3) is 5.56 Å². The van der Waals surface area contributed by atoms with Crippen molar-refractivity contribution in [1.29, 1.82) is 0 Å². The molecule has 0 saturated carbocycles. The van der Waals surface area contributed by atoms with Crippen LogP contribution in [0.5, 0.6) is 0 Å². The number of nitrogens with one attached hydrogen (secondary N) is 2. The normalized spacial score (nSPS) is 12.8. The number of benzene rings is 1. The van der Waals surface area contributed by atoms with E-state index in [-0.39, 0.29) is 22.1 Å². The maximum atomic E-state index is 12.7. The highest BCUT2D eigenvalue weighted by molar-refractivity contribution is 7.99. The summed E-state index contributed by atoms with van der Waals surface area (Å²) in [6, 6.07) is 4.50. The third-order valence-electron chi connectivity index (χ3n) is 5.21. The van der Waals surface area contributed by atoms with Gasteiger partial charge in [-0.3, -0.25) is 9.59 Å². The zero-order chi connectivity index (χ0) is 23.6. The first kappa shape index (κ1) is 24.4. The summed E-state index contributed by atoms with van der Waals surface area (Å²) in [4.78, 5) is 34.1. The molecule has 0 fully saturated rings. The van der Waals surface area contributed by atoms with Gasteiger partial charge in [0.05, 0.1) is 16.0 Å². The van der Waals surface area contributed by atoms with Crippen LogP contribution in [-0.2, 0) is 21.2 Å². The number of nitrogens with two attached hydrogens (primary N) is 1. The number of carbonyl (C=O) groups excluding carboxylic acids is 1. The Bertz CT molecular complexity index is 1330. The predicted molar refractivity (Wildman–Crippen MR) is 130 cm³/mol. The number of hydrogen-bond donors (Lipinski definition) is 3. The number of primary sulfonamides is 1. The summed E-state index contributed by atoms with van der Waals surface area (Å²) in [5, 5.41) is 8.86. The molecule has 2 heterocycles. The van der Waals surface area contributed by atoms with E-state index in [2.05, 4.69) is 29.1 Å². The summed E-state index contributed by atoms with van der Waals surface area (Å²) in [5.41, 5.74) is 1.67. The zero-order valence-electron chi connectivity index (χ0n) is 18.3. The standard InChI is InChI=1S/C21H26N4O4S3/c1-5-11(2)8-15-13(4)31-20-18(15)19(27)24-21(25-20)30-10-17(26)23-14-7-6-12(3)16(9-14)32(22,28)29/h6-7,9,11H,5,8,10H2,1-4H3,(H,23,26)(H2,22,28,29)(H,24,25,27). The third-order valence-corrected chi connectivity index (χ3v) is 8.18. The number of rotatable bonds is 8. The Labute approximate surface area is 195 Å². The number of amides is 1. The molecule has 0 aliphatic carbocycles. The summed E-state index contributed by atoms with van der Waals surface area (Å²) >= 11 is 2.60. The summed E-state index contributed by atoms with van der Waals surface area (Å²) in [6.45, 7) is 7.91. The molecule has 0 aliphatic heterocycles. The van der Waals surface area contributed by atoms with E-state index in [1.807, 2.05) is 6.92 Å². The minimum atomic E-state index is -3.89. The maximum Gasteiger partial charge on any atom is 0.260 e. The molecule has 1 atom stereocenters. The van der Waals surface area contributed by atoms with Gasteiger partial charge in [0.1, 0.15) is 4.83 Å². The van der Waals surface area contributed by atoms with Crippen LogP contribution in [-0.4, -0.2) is 30.0 Å². The molecule has 2 aromatic heterocycles. The first-order valence-electron chi connectivity index (χ1n) is 10.1. The fourth-order valence-corrected chi connectivity index (χ4v) is 5.86. The van der Waals surface area contributed by atoms with E-state index in [1.165, 1.54) is 17.4 Å². The molecule has 11 heteroatoms. The number of nitrogens with zero attached hydrogens (tertiary/aromatic N) is 1. The molecule has 0 saturated heterocycles. The van der Waals surface area contributed by atoms with Crippen molar-refractivity contribution in [2.75, 3.05) is 11.1 Å². The van der Waals surface area contributed by atoms with E-state index in [0.29, 0.717) is 32.5 Å². The zero-order valence-corrected chi connectivity index (χ0v) is 20.8. The number of aryl methyl sites for hydroxylation is 2. The van der Waals surface area contributed by atoms with Gasteiger partial charge in [-0.2, -0.15) is 0 Å². The fraction of sp³-hybridized carbons (Fsp3) is 0.381. The Hall–Kier alpha value is -2.21. The largest absolute Gasteiger partial charge is 0.325 e. The van der Waals surface area contributed by atoms with E-state index in [4.69, 9.17) is 5.14 Å². The van der Waals surface area contributed by atoms with Crippen LogP contribution in [0, 0.1) is 19.8 Å². The van der Waals surface area contributed by atoms with Crippen LogP contribution in [0.2, 0.25) is 0 Å². The summed E-state index contributed by atoms with van der Waals surface area (Å²) in [6.07, 6.45) is 1.86. The Morgan fingerprint density at radius 3 is 2.72 bits per heavy atom. The molecule has 3 rings (SSSR count). The van der Waals surface area contributed by atoms with Crippen LogP contribution in [0.3, 0.4) is 0 Å². The Balaban J connectivity index is 1.74. The van der Waals surface area contributed by atoms with Crippen molar-refractivity contribution in [2.45, 2.75) is 50.6 Å². The molecule has 0 radical (unpaired) electrons.